The number of benzene rings is 1. The number of nitrogens with zero attached hydrogens (tertiary/aromatic N) is 2. The highest BCUT2D eigenvalue weighted by molar-refractivity contribution is 6.09. The van der Waals surface area contributed by atoms with E-state index in [1.165, 1.54) is 4.90 Å². The second-order valence-electron chi connectivity index (χ2n) is 9.88. The van der Waals surface area contributed by atoms with Gasteiger partial charge in [-0.1, -0.05) is 43.2 Å². The molecule has 2 heterocycles. The number of carbonyl (C=O) groups is 3. The number of primary amides is 1. The summed E-state index contributed by atoms with van der Waals surface area (Å²) in [6, 6.07) is 9.25. The van der Waals surface area contributed by atoms with E-state index in [1.807, 2.05) is 30.3 Å². The van der Waals surface area contributed by atoms with Crippen LogP contribution in [-0.2, 0) is 25.5 Å². The van der Waals surface area contributed by atoms with Gasteiger partial charge in [0.05, 0.1) is 13.2 Å². The Morgan fingerprint density at radius 1 is 1.00 bits per heavy atom. The first-order chi connectivity index (χ1) is 16.9. The Labute approximate surface area is 207 Å². The lowest BCUT2D eigenvalue weighted by Crippen LogP contribution is -2.55. The molecule has 4 rings (SSSR count). The minimum Gasteiger partial charge on any atom is -0.369 e. The lowest BCUT2D eigenvalue weighted by Gasteiger charge is -2.37. The van der Waals surface area contributed by atoms with E-state index in [4.69, 9.17) is 15.2 Å². The van der Waals surface area contributed by atoms with Crippen LogP contribution in [0.2, 0.25) is 0 Å². The summed E-state index contributed by atoms with van der Waals surface area (Å²) >= 11 is 0. The molecule has 3 aliphatic rings. The molecule has 9 heteroatoms. The number of hydrogen-bond donors (Lipinski definition) is 2. The molecule has 3 fully saturated rings. The van der Waals surface area contributed by atoms with Gasteiger partial charge in [0.15, 0.2) is 5.79 Å². The zero-order chi connectivity index (χ0) is 24.7. The molecule has 0 aromatic heterocycles. The molecule has 35 heavy (non-hydrogen) atoms. The molecule has 9 nitrogen and oxygen atoms in total. The van der Waals surface area contributed by atoms with E-state index in [-0.39, 0.29) is 12.3 Å². The van der Waals surface area contributed by atoms with Crippen molar-refractivity contribution in [3.63, 3.8) is 0 Å². The molecule has 2 saturated heterocycles. The van der Waals surface area contributed by atoms with Gasteiger partial charge in [0, 0.05) is 39.0 Å². The normalized spacial score (nSPS) is 21.1. The Morgan fingerprint density at radius 3 is 2.29 bits per heavy atom. The third kappa shape index (κ3) is 6.02. The first kappa shape index (κ1) is 25.6. The number of likely N-dealkylation sites (tertiary alicyclic amines) is 1. The molecule has 0 bridgehead atoms. The Kier molecular flexibility index (Phi) is 8.41. The molecule has 3 N–H and O–H groups in total. The third-order valence-electron chi connectivity index (χ3n) is 7.65. The fourth-order valence-corrected chi connectivity index (χ4v) is 5.48. The average molecular weight is 487 g/mol. The molecule has 192 valence electrons. The van der Waals surface area contributed by atoms with Gasteiger partial charge >= 0.3 is 6.03 Å². The number of carbonyl (C=O) groups excluding carboxylic acids is 3. The lowest BCUT2D eigenvalue weighted by molar-refractivity contribution is -0.185. The maximum Gasteiger partial charge on any atom is 0.324 e. The van der Waals surface area contributed by atoms with Crippen molar-refractivity contribution in [2.45, 2.75) is 57.2 Å². The van der Waals surface area contributed by atoms with Crippen LogP contribution in [0.25, 0.3) is 0 Å². The minimum absolute atomic E-state index is 0.206. The number of imide groups is 1. The number of ether oxygens (including phenoxy) is 2. The number of urea groups is 1. The largest absolute Gasteiger partial charge is 0.369 e. The molecule has 4 amide bonds. The van der Waals surface area contributed by atoms with Crippen LogP contribution in [0.15, 0.2) is 30.3 Å². The molecular weight excluding hydrogens is 448 g/mol. The van der Waals surface area contributed by atoms with E-state index in [9.17, 15) is 14.4 Å². The maximum absolute atomic E-state index is 13.5. The van der Waals surface area contributed by atoms with E-state index < -0.39 is 23.3 Å². The highest BCUT2D eigenvalue weighted by Crippen LogP contribution is 2.39. The van der Waals surface area contributed by atoms with Gasteiger partial charge in [-0.2, -0.15) is 0 Å². The van der Waals surface area contributed by atoms with Crippen molar-refractivity contribution in [2.24, 2.45) is 11.1 Å². The summed E-state index contributed by atoms with van der Waals surface area (Å²) in [6.45, 7) is 4.64. The summed E-state index contributed by atoms with van der Waals surface area (Å²) < 4.78 is 11.6. The Hall–Kier alpha value is -2.49. The number of nitrogens with one attached hydrogen (secondary N) is 1. The second kappa shape index (κ2) is 11.5. The van der Waals surface area contributed by atoms with Crippen LogP contribution in [-0.4, -0.2) is 79.4 Å². The number of piperidine rings is 1. The summed E-state index contributed by atoms with van der Waals surface area (Å²) in [5, 5.41) is 2.91. The van der Waals surface area contributed by atoms with Crippen molar-refractivity contribution in [3.05, 3.63) is 35.9 Å². The van der Waals surface area contributed by atoms with Gasteiger partial charge in [-0.05, 0) is 37.8 Å². The summed E-state index contributed by atoms with van der Waals surface area (Å²) in [4.78, 5) is 42.5. The number of nitrogens with two attached hydrogens (primary N) is 1. The van der Waals surface area contributed by atoms with Gasteiger partial charge in [0.1, 0.15) is 5.41 Å². The number of rotatable bonds is 9. The predicted molar refractivity (Wildman–Crippen MR) is 130 cm³/mol. The van der Waals surface area contributed by atoms with Crippen molar-refractivity contribution in [3.8, 4) is 0 Å². The van der Waals surface area contributed by atoms with E-state index in [0.717, 1.165) is 57.3 Å². The van der Waals surface area contributed by atoms with Gasteiger partial charge in [0.2, 0.25) is 11.8 Å². The standard InChI is InChI=1S/C26H38N4O5/c27-22(31)25(10-4-5-11-25)23(32)30(16-9-21-7-2-1-3-8-21)24(33)28-14-6-15-29-17-12-26(13-18-29)34-19-20-35-26/h1-3,7-8H,4-6,9-20H2,(H2,27,31)(H,28,33). The highest BCUT2D eigenvalue weighted by atomic mass is 16.7. The predicted octanol–water partition coefficient (Wildman–Crippen LogP) is 2.04. The van der Waals surface area contributed by atoms with Crippen LogP contribution in [0.1, 0.15) is 50.5 Å². The quantitative estimate of drug-likeness (QED) is 0.408. The molecular formula is C26H38N4O5. The Morgan fingerprint density at radius 2 is 1.66 bits per heavy atom. The van der Waals surface area contributed by atoms with Crippen molar-refractivity contribution in [1.29, 1.82) is 0 Å². The van der Waals surface area contributed by atoms with Crippen LogP contribution in [0.4, 0.5) is 4.79 Å². The zero-order valence-corrected chi connectivity index (χ0v) is 20.5. The summed E-state index contributed by atoms with van der Waals surface area (Å²) in [7, 11) is 0. The van der Waals surface area contributed by atoms with Crippen LogP contribution in [0.5, 0.6) is 0 Å². The van der Waals surface area contributed by atoms with Crippen molar-refractivity contribution < 1.29 is 23.9 Å². The first-order valence-corrected chi connectivity index (χ1v) is 12.9. The van der Waals surface area contributed by atoms with Crippen LogP contribution >= 0.6 is 0 Å². The fraction of sp³-hybridized carbons (Fsp3) is 0.654. The maximum atomic E-state index is 13.5. The van der Waals surface area contributed by atoms with Crippen LogP contribution in [0.3, 0.4) is 0 Å². The smallest absolute Gasteiger partial charge is 0.324 e. The van der Waals surface area contributed by atoms with Crippen molar-refractivity contribution in [1.82, 2.24) is 15.1 Å². The molecule has 2 aliphatic heterocycles. The van der Waals surface area contributed by atoms with Gasteiger partial charge in [0.25, 0.3) is 0 Å². The topological polar surface area (TPSA) is 114 Å². The number of hydrogen-bond acceptors (Lipinski definition) is 6. The fourth-order valence-electron chi connectivity index (χ4n) is 5.48. The van der Waals surface area contributed by atoms with Gasteiger partial charge < -0.3 is 25.4 Å². The highest BCUT2D eigenvalue weighted by Gasteiger charge is 2.49. The van der Waals surface area contributed by atoms with E-state index in [2.05, 4.69) is 10.2 Å². The summed E-state index contributed by atoms with van der Waals surface area (Å²) in [5.74, 6) is -1.48. The van der Waals surface area contributed by atoms with E-state index >= 15 is 0 Å². The molecule has 1 aromatic carbocycles. The van der Waals surface area contributed by atoms with Gasteiger partial charge in [-0.3, -0.25) is 14.5 Å². The third-order valence-corrected chi connectivity index (χ3v) is 7.65. The molecule has 0 atom stereocenters. The van der Waals surface area contributed by atoms with E-state index in [0.29, 0.717) is 39.0 Å². The molecule has 0 unspecified atom stereocenters. The lowest BCUT2D eigenvalue weighted by atomic mass is 9.83. The molecule has 1 aliphatic carbocycles. The molecule has 1 aromatic rings. The molecule has 1 spiro atoms. The second-order valence-corrected chi connectivity index (χ2v) is 9.88. The number of amides is 4. The van der Waals surface area contributed by atoms with Gasteiger partial charge in [-0.25, -0.2) is 4.79 Å². The van der Waals surface area contributed by atoms with E-state index in [1.54, 1.807) is 0 Å². The zero-order valence-electron chi connectivity index (χ0n) is 20.5. The molecule has 1 saturated carbocycles. The monoisotopic (exact) mass is 486 g/mol. The van der Waals surface area contributed by atoms with Crippen LogP contribution < -0.4 is 11.1 Å². The molecule has 0 radical (unpaired) electrons. The minimum atomic E-state index is -1.28. The Bertz CT molecular complexity index is 871. The van der Waals surface area contributed by atoms with Crippen LogP contribution in [0, 0.1) is 5.41 Å². The Balaban J connectivity index is 1.30. The summed E-state index contributed by atoms with van der Waals surface area (Å²) in [5.41, 5.74) is 5.43. The first-order valence-electron chi connectivity index (χ1n) is 12.9. The summed E-state index contributed by atoms with van der Waals surface area (Å²) in [6.07, 6.45) is 5.33. The van der Waals surface area contributed by atoms with Gasteiger partial charge in [-0.15, -0.1) is 0 Å². The average Bonchev–Trinajstić information content (AvgIpc) is 3.55. The SMILES string of the molecule is NC(=O)C1(C(=O)N(CCc2ccccc2)C(=O)NCCCN2CCC3(CC2)OCCO3)CCCC1. The van der Waals surface area contributed by atoms with Crippen molar-refractivity contribution in [2.75, 3.05) is 45.9 Å². The van der Waals surface area contributed by atoms with Crippen molar-refractivity contribution >= 4 is 17.8 Å².